The van der Waals surface area contributed by atoms with Gasteiger partial charge in [0.1, 0.15) is 5.69 Å². The van der Waals surface area contributed by atoms with Crippen LogP contribution in [0.4, 0.5) is 15.8 Å². The van der Waals surface area contributed by atoms with Gasteiger partial charge in [-0.25, -0.2) is 0 Å². The highest BCUT2D eigenvalue weighted by atomic mass is 19.1. The van der Waals surface area contributed by atoms with E-state index in [1.54, 1.807) is 0 Å². The summed E-state index contributed by atoms with van der Waals surface area (Å²) < 4.78 is 18.8. The van der Waals surface area contributed by atoms with Crippen LogP contribution in [0.1, 0.15) is 20.8 Å². The Hall–Kier alpha value is -1.69. The first-order valence-corrected chi connectivity index (χ1v) is 5.68. The predicted octanol–water partition coefficient (Wildman–Crippen LogP) is 2.96. The van der Waals surface area contributed by atoms with Crippen molar-refractivity contribution in [3.8, 4) is 0 Å². The fourth-order valence-corrected chi connectivity index (χ4v) is 1.59. The Balaban J connectivity index is 2.85. The quantitative estimate of drug-likeness (QED) is 0.627. The minimum absolute atomic E-state index is 0.160. The maximum absolute atomic E-state index is 13.4. The zero-order valence-electron chi connectivity index (χ0n) is 10.7. The van der Waals surface area contributed by atoms with Crippen molar-refractivity contribution >= 4 is 11.4 Å². The number of halogens is 1. The lowest BCUT2D eigenvalue weighted by Gasteiger charge is -2.25. The molecule has 0 atom stereocenters. The molecule has 0 spiro atoms. The summed E-state index contributed by atoms with van der Waals surface area (Å²) in [4.78, 5) is 10.1. The Morgan fingerprint density at radius 2 is 2.17 bits per heavy atom. The van der Waals surface area contributed by atoms with E-state index < -0.39 is 22.0 Å². The fraction of sp³-hybridized carbons (Fsp3) is 0.500. The van der Waals surface area contributed by atoms with Gasteiger partial charge in [0.25, 0.3) is 0 Å². The van der Waals surface area contributed by atoms with Crippen LogP contribution in [0.3, 0.4) is 0 Å². The Labute approximate surface area is 105 Å². The van der Waals surface area contributed by atoms with E-state index in [0.717, 1.165) is 6.07 Å². The van der Waals surface area contributed by atoms with Gasteiger partial charge in [-0.3, -0.25) is 10.1 Å². The Bertz CT molecular complexity index is 435. The third kappa shape index (κ3) is 3.66. The number of benzene rings is 1. The molecular formula is C12H17FN2O3. The monoisotopic (exact) mass is 256 g/mol. The summed E-state index contributed by atoms with van der Waals surface area (Å²) in [5, 5.41) is 13.6. The van der Waals surface area contributed by atoms with E-state index in [1.807, 2.05) is 20.8 Å². The number of para-hydroxylation sites is 1. The Kier molecular flexibility index (Phi) is 4.61. The van der Waals surface area contributed by atoms with Gasteiger partial charge in [0.05, 0.1) is 10.5 Å². The van der Waals surface area contributed by atoms with Crippen molar-refractivity contribution in [2.75, 3.05) is 18.5 Å². The van der Waals surface area contributed by atoms with Gasteiger partial charge in [-0.05, 0) is 32.9 Å². The maximum atomic E-state index is 13.4. The van der Waals surface area contributed by atoms with E-state index in [-0.39, 0.29) is 5.69 Å². The minimum Gasteiger partial charge on any atom is -0.377 e. The number of nitrogens with zero attached hydrogens (tertiary/aromatic N) is 1. The lowest BCUT2D eigenvalue weighted by atomic mass is 10.1. The zero-order chi connectivity index (χ0) is 13.8. The normalized spacial score (nSPS) is 11.3. The van der Waals surface area contributed by atoms with Gasteiger partial charge in [-0.15, -0.1) is 0 Å². The summed E-state index contributed by atoms with van der Waals surface area (Å²) >= 11 is 0. The number of hydrogen-bond donors (Lipinski definition) is 1. The molecule has 1 aromatic carbocycles. The van der Waals surface area contributed by atoms with Crippen LogP contribution >= 0.6 is 0 Å². The molecule has 0 fully saturated rings. The van der Waals surface area contributed by atoms with E-state index in [4.69, 9.17) is 4.74 Å². The first-order valence-electron chi connectivity index (χ1n) is 5.68. The topological polar surface area (TPSA) is 64.4 Å². The summed E-state index contributed by atoms with van der Waals surface area (Å²) in [6, 6.07) is 3.97. The van der Waals surface area contributed by atoms with Crippen molar-refractivity contribution < 1.29 is 14.1 Å². The first kappa shape index (κ1) is 14.4. The first-order chi connectivity index (χ1) is 8.37. The number of hydrogen-bond acceptors (Lipinski definition) is 4. The fourth-order valence-electron chi connectivity index (χ4n) is 1.59. The second kappa shape index (κ2) is 5.77. The van der Waals surface area contributed by atoms with Crippen LogP contribution in [0.2, 0.25) is 0 Å². The second-order valence-corrected chi connectivity index (χ2v) is 4.44. The summed E-state index contributed by atoms with van der Waals surface area (Å²) in [7, 11) is 0. The molecule has 1 N–H and O–H groups in total. The zero-order valence-corrected chi connectivity index (χ0v) is 10.7. The number of nitrogens with one attached hydrogen (secondary N) is 1. The lowest BCUT2D eigenvalue weighted by molar-refractivity contribution is -0.386. The predicted molar refractivity (Wildman–Crippen MR) is 67.2 cm³/mol. The van der Waals surface area contributed by atoms with Crippen LogP contribution in [0.15, 0.2) is 18.2 Å². The van der Waals surface area contributed by atoms with Crippen LogP contribution in [0, 0.1) is 15.9 Å². The van der Waals surface area contributed by atoms with E-state index >= 15 is 0 Å². The van der Waals surface area contributed by atoms with E-state index in [1.165, 1.54) is 12.1 Å². The molecule has 1 rings (SSSR count). The largest absolute Gasteiger partial charge is 0.377 e. The lowest BCUT2D eigenvalue weighted by Crippen LogP contribution is -2.33. The average molecular weight is 256 g/mol. The maximum Gasteiger partial charge on any atom is 0.327 e. The van der Waals surface area contributed by atoms with Crippen molar-refractivity contribution in [2.45, 2.75) is 26.4 Å². The molecule has 0 aliphatic heterocycles. The molecule has 5 nitrogen and oxygen atoms in total. The third-order valence-corrected chi connectivity index (χ3v) is 2.41. The van der Waals surface area contributed by atoms with Crippen molar-refractivity contribution in [1.82, 2.24) is 0 Å². The summed E-state index contributed by atoms with van der Waals surface area (Å²) in [5.74, 6) is -0.848. The summed E-state index contributed by atoms with van der Waals surface area (Å²) in [6.45, 7) is 6.47. The van der Waals surface area contributed by atoms with Crippen LogP contribution in [0.5, 0.6) is 0 Å². The number of nitro groups is 1. The van der Waals surface area contributed by atoms with E-state index in [9.17, 15) is 14.5 Å². The standard InChI is InChI=1S/C12H17FN2O3/c1-4-18-12(2,3)8-14-10-7-5-6-9(13)11(10)15(16)17/h5-7,14H,4,8H2,1-3H3. The summed E-state index contributed by atoms with van der Waals surface area (Å²) in [5.41, 5.74) is -0.854. The highest BCUT2D eigenvalue weighted by Gasteiger charge is 2.23. The van der Waals surface area contributed by atoms with Crippen LogP contribution in [-0.2, 0) is 4.74 Å². The highest BCUT2D eigenvalue weighted by Crippen LogP contribution is 2.27. The highest BCUT2D eigenvalue weighted by molar-refractivity contribution is 5.62. The SMILES string of the molecule is CCOC(C)(C)CNc1cccc(F)c1[N+](=O)[O-]. The van der Waals surface area contributed by atoms with Gasteiger partial charge in [-0.1, -0.05) is 6.07 Å². The molecule has 0 saturated heterocycles. The van der Waals surface area contributed by atoms with E-state index in [0.29, 0.717) is 13.2 Å². The van der Waals surface area contributed by atoms with Gasteiger partial charge in [0, 0.05) is 13.2 Å². The number of ether oxygens (including phenoxy) is 1. The molecule has 0 aliphatic carbocycles. The molecule has 0 aromatic heterocycles. The van der Waals surface area contributed by atoms with Gasteiger partial charge in [0.2, 0.25) is 5.82 Å². The van der Waals surface area contributed by atoms with Gasteiger partial charge in [0.15, 0.2) is 0 Å². The molecule has 0 radical (unpaired) electrons. The number of nitro benzene ring substituents is 1. The Morgan fingerprint density at radius 1 is 1.50 bits per heavy atom. The van der Waals surface area contributed by atoms with Crippen molar-refractivity contribution in [3.05, 3.63) is 34.1 Å². The average Bonchev–Trinajstić information content (AvgIpc) is 2.26. The molecule has 0 unspecified atom stereocenters. The van der Waals surface area contributed by atoms with Gasteiger partial charge >= 0.3 is 5.69 Å². The molecule has 0 heterocycles. The molecule has 0 aliphatic rings. The smallest absolute Gasteiger partial charge is 0.327 e. The van der Waals surface area contributed by atoms with Crippen molar-refractivity contribution in [3.63, 3.8) is 0 Å². The molecular weight excluding hydrogens is 239 g/mol. The Morgan fingerprint density at radius 3 is 2.72 bits per heavy atom. The van der Waals surface area contributed by atoms with Crippen molar-refractivity contribution in [1.29, 1.82) is 0 Å². The molecule has 18 heavy (non-hydrogen) atoms. The van der Waals surface area contributed by atoms with Crippen LogP contribution < -0.4 is 5.32 Å². The van der Waals surface area contributed by atoms with Crippen molar-refractivity contribution in [2.24, 2.45) is 0 Å². The van der Waals surface area contributed by atoms with E-state index in [2.05, 4.69) is 5.32 Å². The van der Waals surface area contributed by atoms with Crippen LogP contribution in [-0.4, -0.2) is 23.7 Å². The molecule has 0 amide bonds. The van der Waals surface area contributed by atoms with Gasteiger partial charge < -0.3 is 10.1 Å². The second-order valence-electron chi connectivity index (χ2n) is 4.44. The third-order valence-electron chi connectivity index (χ3n) is 2.41. The summed E-state index contributed by atoms with van der Waals surface area (Å²) in [6.07, 6.45) is 0. The van der Waals surface area contributed by atoms with Crippen LogP contribution in [0.25, 0.3) is 0 Å². The molecule has 6 heteroatoms. The number of anilines is 1. The molecule has 1 aromatic rings. The van der Waals surface area contributed by atoms with Gasteiger partial charge in [-0.2, -0.15) is 4.39 Å². The minimum atomic E-state index is -0.848. The molecule has 0 saturated carbocycles. The molecule has 0 bridgehead atoms. The molecule has 100 valence electrons. The number of rotatable bonds is 6.